The highest BCUT2D eigenvalue weighted by atomic mass is 19.5. The van der Waals surface area contributed by atoms with Crippen molar-refractivity contribution in [2.24, 2.45) is 0 Å². The maximum atomic E-state index is 9.75. The smallest absolute Gasteiger partial charge is 0.418 e. The van der Waals surface area contributed by atoms with Crippen molar-refractivity contribution in [2.75, 3.05) is 0 Å². The molecule has 0 saturated carbocycles. The summed E-state index contributed by atoms with van der Waals surface area (Å²) in [6.07, 6.45) is 9.86. The van der Waals surface area contributed by atoms with E-state index in [4.69, 9.17) is 0 Å². The molecule has 0 bridgehead atoms. The zero-order valence-corrected chi connectivity index (χ0v) is 9.47. The van der Waals surface area contributed by atoms with Gasteiger partial charge in [-0.2, -0.15) is 0 Å². The molecule has 1 atom stereocenters. The van der Waals surface area contributed by atoms with Crippen LogP contribution < -0.4 is 4.57 Å². The Morgan fingerprint density at radius 3 is 2.12 bits per heavy atom. The monoisotopic (exact) mass is 240 g/mol. The lowest BCUT2D eigenvalue weighted by molar-refractivity contribution is -0.722. The van der Waals surface area contributed by atoms with E-state index in [0.717, 1.165) is 0 Å². The van der Waals surface area contributed by atoms with Crippen LogP contribution in [0.2, 0.25) is 0 Å². The quantitative estimate of drug-likeness (QED) is 0.473. The summed E-state index contributed by atoms with van der Waals surface area (Å²) in [7, 11) is -6.00. The molecule has 0 radical (unpaired) electrons. The molecular weight excluding hydrogens is 223 g/mol. The minimum Gasteiger partial charge on any atom is -0.418 e. The Labute approximate surface area is 92.8 Å². The minimum atomic E-state index is -6.00. The highest BCUT2D eigenvalue weighted by Crippen LogP contribution is 2.09. The fraction of sp³-hybridized carbons (Fsp3) is 0.667. The minimum absolute atomic E-state index is 0.686. The number of hydrogen-bond acceptors (Lipinski definition) is 0. The summed E-state index contributed by atoms with van der Waals surface area (Å²) in [5.74, 6) is 0. The van der Waals surface area contributed by atoms with Gasteiger partial charge in [-0.25, -0.2) is 4.57 Å². The summed E-state index contributed by atoms with van der Waals surface area (Å²) >= 11 is 0. The van der Waals surface area contributed by atoms with Crippen LogP contribution in [0.25, 0.3) is 0 Å². The number of aromatic nitrogens is 2. The molecule has 0 fully saturated rings. The average Bonchev–Trinajstić information content (AvgIpc) is 2.64. The van der Waals surface area contributed by atoms with E-state index in [1.807, 2.05) is 12.5 Å². The second-order valence-corrected chi connectivity index (χ2v) is 3.40. The molecule has 1 rings (SSSR count). The van der Waals surface area contributed by atoms with Crippen molar-refractivity contribution in [3.05, 3.63) is 18.7 Å². The number of H-pyrrole nitrogens is 1. The van der Waals surface area contributed by atoms with Crippen molar-refractivity contribution in [3.8, 4) is 0 Å². The molecular formula is C9H17BF4N2. The van der Waals surface area contributed by atoms with Gasteiger partial charge in [0.15, 0.2) is 0 Å². The highest BCUT2D eigenvalue weighted by molar-refractivity contribution is 6.50. The molecule has 0 spiro atoms. The number of imidazole rings is 1. The fourth-order valence-electron chi connectivity index (χ4n) is 1.43. The molecule has 1 N–H and O–H groups in total. The highest BCUT2D eigenvalue weighted by Gasteiger charge is 2.20. The molecule has 0 aliphatic carbocycles. The maximum absolute atomic E-state index is 9.75. The Kier molecular flexibility index (Phi) is 6.84. The molecule has 0 amide bonds. The van der Waals surface area contributed by atoms with Gasteiger partial charge in [-0.3, -0.25) is 4.98 Å². The van der Waals surface area contributed by atoms with E-state index >= 15 is 0 Å². The zero-order chi connectivity index (χ0) is 12.6. The third kappa shape index (κ3) is 8.32. The van der Waals surface area contributed by atoms with Gasteiger partial charge < -0.3 is 17.3 Å². The molecule has 0 aliphatic rings. The lowest BCUT2D eigenvalue weighted by atomic mass is 10.1. The third-order valence-electron chi connectivity index (χ3n) is 2.08. The van der Waals surface area contributed by atoms with Crippen LogP contribution in [0.5, 0.6) is 0 Å². The van der Waals surface area contributed by atoms with Crippen LogP contribution in [0.1, 0.15) is 39.2 Å². The Morgan fingerprint density at radius 1 is 1.25 bits per heavy atom. The zero-order valence-electron chi connectivity index (χ0n) is 9.47. The summed E-state index contributed by atoms with van der Waals surface area (Å²) in [5, 5.41) is 0. The van der Waals surface area contributed by atoms with Gasteiger partial charge in [0.05, 0.1) is 0 Å². The first-order valence-electron chi connectivity index (χ1n) is 5.29. The van der Waals surface area contributed by atoms with E-state index in [0.29, 0.717) is 6.04 Å². The van der Waals surface area contributed by atoms with Crippen molar-refractivity contribution < 1.29 is 21.8 Å². The fourth-order valence-corrected chi connectivity index (χ4v) is 1.43. The number of halogens is 4. The second-order valence-electron chi connectivity index (χ2n) is 3.40. The van der Waals surface area contributed by atoms with Crippen molar-refractivity contribution in [1.29, 1.82) is 0 Å². The predicted molar refractivity (Wildman–Crippen MR) is 55.4 cm³/mol. The van der Waals surface area contributed by atoms with Crippen LogP contribution in [-0.2, 0) is 0 Å². The SMILES string of the molecule is CCCC(CC)[n+]1cc[nH]c1.F[B-](F)(F)F. The molecule has 1 aromatic rings. The number of nitrogens with one attached hydrogen (secondary N) is 1. The largest absolute Gasteiger partial charge is 0.673 e. The molecule has 2 nitrogen and oxygen atoms in total. The Hall–Kier alpha value is -1.01. The van der Waals surface area contributed by atoms with Gasteiger partial charge in [0.1, 0.15) is 18.4 Å². The van der Waals surface area contributed by atoms with Gasteiger partial charge in [-0.15, -0.1) is 0 Å². The molecule has 1 heterocycles. The molecule has 16 heavy (non-hydrogen) atoms. The van der Waals surface area contributed by atoms with Crippen molar-refractivity contribution in [3.63, 3.8) is 0 Å². The summed E-state index contributed by atoms with van der Waals surface area (Å²) in [6.45, 7) is 4.47. The van der Waals surface area contributed by atoms with Crippen molar-refractivity contribution >= 4 is 7.25 Å². The van der Waals surface area contributed by atoms with Crippen LogP contribution in [0.15, 0.2) is 18.7 Å². The second kappa shape index (κ2) is 7.30. The lowest BCUT2D eigenvalue weighted by Crippen LogP contribution is -2.36. The molecule has 0 aromatic carbocycles. The van der Waals surface area contributed by atoms with Gasteiger partial charge >= 0.3 is 7.25 Å². The molecule has 1 aromatic heterocycles. The number of rotatable bonds is 4. The summed E-state index contributed by atoms with van der Waals surface area (Å²) in [4.78, 5) is 3.07. The summed E-state index contributed by atoms with van der Waals surface area (Å²) in [6, 6.07) is 0.686. The van der Waals surface area contributed by atoms with E-state index in [9.17, 15) is 17.3 Å². The van der Waals surface area contributed by atoms with Gasteiger partial charge in [-0.05, 0) is 12.8 Å². The molecule has 94 valence electrons. The van der Waals surface area contributed by atoms with E-state index in [2.05, 4.69) is 29.6 Å². The van der Waals surface area contributed by atoms with Gasteiger partial charge in [0.25, 0.3) is 0 Å². The van der Waals surface area contributed by atoms with Crippen molar-refractivity contribution in [1.82, 2.24) is 4.98 Å². The first-order chi connectivity index (χ1) is 7.38. The Bertz CT molecular complexity index is 255. The number of aromatic amines is 1. The van der Waals surface area contributed by atoms with E-state index in [1.54, 1.807) is 0 Å². The number of hydrogen-bond donors (Lipinski definition) is 1. The van der Waals surface area contributed by atoms with E-state index in [-0.39, 0.29) is 0 Å². The molecule has 7 heteroatoms. The molecule has 0 saturated heterocycles. The summed E-state index contributed by atoms with van der Waals surface area (Å²) < 4.78 is 41.3. The van der Waals surface area contributed by atoms with E-state index in [1.165, 1.54) is 19.3 Å². The Morgan fingerprint density at radius 2 is 1.81 bits per heavy atom. The average molecular weight is 240 g/mol. The Balaban J connectivity index is 0.000000385. The van der Waals surface area contributed by atoms with Crippen LogP contribution >= 0.6 is 0 Å². The van der Waals surface area contributed by atoms with Crippen LogP contribution in [0, 0.1) is 0 Å². The lowest BCUT2D eigenvalue weighted by Gasteiger charge is -2.08. The first-order valence-corrected chi connectivity index (χ1v) is 5.29. The van der Waals surface area contributed by atoms with Crippen LogP contribution in [-0.4, -0.2) is 12.2 Å². The molecule has 1 unspecified atom stereocenters. The van der Waals surface area contributed by atoms with Gasteiger partial charge in [0.2, 0.25) is 6.33 Å². The third-order valence-corrected chi connectivity index (χ3v) is 2.08. The predicted octanol–water partition coefficient (Wildman–Crippen LogP) is 3.35. The van der Waals surface area contributed by atoms with Gasteiger partial charge in [0, 0.05) is 0 Å². The first kappa shape index (κ1) is 15.0. The standard InChI is InChI=1S/C9H16N2.BF4/c1-3-5-9(4-2)11-7-6-10-8-11;2-1(3,4)5/h6-9H,3-5H2,1-2H3;/q;-1/p+1. The summed E-state index contributed by atoms with van der Waals surface area (Å²) in [5.41, 5.74) is 0. The number of nitrogens with zero attached hydrogens (tertiary/aromatic N) is 1. The van der Waals surface area contributed by atoms with Crippen LogP contribution in [0.4, 0.5) is 17.3 Å². The topological polar surface area (TPSA) is 19.7 Å². The van der Waals surface area contributed by atoms with Crippen molar-refractivity contribution in [2.45, 2.75) is 39.2 Å². The normalized spacial score (nSPS) is 12.9. The van der Waals surface area contributed by atoms with E-state index < -0.39 is 7.25 Å². The maximum Gasteiger partial charge on any atom is 0.673 e. The van der Waals surface area contributed by atoms with Crippen LogP contribution in [0.3, 0.4) is 0 Å². The molecule has 0 aliphatic heterocycles. The van der Waals surface area contributed by atoms with Gasteiger partial charge in [-0.1, -0.05) is 20.3 Å².